The lowest BCUT2D eigenvalue weighted by atomic mass is 10.0. The Morgan fingerprint density at radius 1 is 1.00 bits per heavy atom. The van der Waals surface area contributed by atoms with Gasteiger partial charge in [-0.15, -0.1) is 0 Å². The van der Waals surface area contributed by atoms with Gasteiger partial charge in [-0.3, -0.25) is 0 Å². The predicted octanol–water partition coefficient (Wildman–Crippen LogP) is 3.60. The zero-order valence-corrected chi connectivity index (χ0v) is 11.5. The first kappa shape index (κ1) is 13.8. The van der Waals surface area contributed by atoms with Gasteiger partial charge in [0, 0.05) is 0 Å². The Labute approximate surface area is 115 Å². The van der Waals surface area contributed by atoms with Crippen LogP contribution in [0.4, 0.5) is 0 Å². The van der Waals surface area contributed by atoms with Crippen LogP contribution in [0.25, 0.3) is 0 Å². The second-order valence-corrected chi connectivity index (χ2v) is 4.94. The highest BCUT2D eigenvalue weighted by atomic mass is 16.5. The third kappa shape index (κ3) is 3.91. The minimum Gasteiger partial charge on any atom is -0.372 e. The molecule has 0 unspecified atom stereocenters. The number of nitrogens with two attached hydrogens (primary N) is 1. The van der Waals surface area contributed by atoms with Crippen LogP contribution in [0, 0.1) is 6.92 Å². The summed E-state index contributed by atoms with van der Waals surface area (Å²) in [5, 5.41) is 0. The lowest BCUT2D eigenvalue weighted by Gasteiger charge is -2.21. The standard InChI is InChI=1S/C17H21NO/c1-13-8-10-16(11-9-13)17(18)14(2)19-12-15-6-4-3-5-7-15/h3-11,14,17H,12,18H2,1-2H3/t14-,17-/m0/s1. The van der Waals surface area contributed by atoms with Gasteiger partial charge in [0.25, 0.3) is 0 Å². The summed E-state index contributed by atoms with van der Waals surface area (Å²) < 4.78 is 5.85. The van der Waals surface area contributed by atoms with E-state index in [0.29, 0.717) is 6.61 Å². The normalized spacial score (nSPS) is 14.1. The van der Waals surface area contributed by atoms with Gasteiger partial charge in [-0.25, -0.2) is 0 Å². The molecule has 0 radical (unpaired) electrons. The summed E-state index contributed by atoms with van der Waals surface area (Å²) in [6.07, 6.45) is -0.0112. The molecule has 2 atom stereocenters. The van der Waals surface area contributed by atoms with Crippen LogP contribution in [0.3, 0.4) is 0 Å². The minimum atomic E-state index is -0.0932. The fraction of sp³-hybridized carbons (Fsp3) is 0.294. The molecule has 0 fully saturated rings. The SMILES string of the molecule is Cc1ccc([C@@H](N)[C@H](C)OCc2ccccc2)cc1. The molecule has 0 saturated carbocycles. The first-order valence-corrected chi connectivity index (χ1v) is 6.64. The third-order valence-corrected chi connectivity index (χ3v) is 3.32. The highest BCUT2D eigenvalue weighted by Gasteiger charge is 2.15. The summed E-state index contributed by atoms with van der Waals surface area (Å²) in [6.45, 7) is 4.69. The van der Waals surface area contributed by atoms with Gasteiger partial charge >= 0.3 is 0 Å². The lowest BCUT2D eigenvalue weighted by molar-refractivity contribution is 0.0357. The molecule has 2 aromatic carbocycles. The molecular formula is C17H21NO. The molecule has 0 aliphatic heterocycles. The molecule has 0 spiro atoms. The summed E-state index contributed by atoms with van der Waals surface area (Å²) in [4.78, 5) is 0. The van der Waals surface area contributed by atoms with Crippen LogP contribution in [0.5, 0.6) is 0 Å². The lowest BCUT2D eigenvalue weighted by Crippen LogP contribution is -2.26. The molecule has 0 aliphatic carbocycles. The monoisotopic (exact) mass is 255 g/mol. The van der Waals surface area contributed by atoms with Gasteiger partial charge in [-0.1, -0.05) is 60.2 Å². The van der Waals surface area contributed by atoms with Crippen LogP contribution in [-0.2, 0) is 11.3 Å². The number of aryl methyl sites for hydroxylation is 1. The van der Waals surface area contributed by atoms with Gasteiger partial charge in [0.05, 0.1) is 18.8 Å². The van der Waals surface area contributed by atoms with Crippen molar-refractivity contribution in [1.82, 2.24) is 0 Å². The molecule has 0 saturated heterocycles. The largest absolute Gasteiger partial charge is 0.372 e. The van der Waals surface area contributed by atoms with Gasteiger partial charge in [-0.2, -0.15) is 0 Å². The van der Waals surface area contributed by atoms with Crippen molar-refractivity contribution in [3.8, 4) is 0 Å². The Bertz CT molecular complexity index is 492. The van der Waals surface area contributed by atoms with E-state index < -0.39 is 0 Å². The number of ether oxygens (including phenoxy) is 1. The topological polar surface area (TPSA) is 35.2 Å². The Kier molecular flexibility index (Phi) is 4.72. The summed E-state index contributed by atoms with van der Waals surface area (Å²) in [7, 11) is 0. The fourth-order valence-electron chi connectivity index (χ4n) is 1.97. The highest BCUT2D eigenvalue weighted by molar-refractivity contribution is 5.24. The predicted molar refractivity (Wildman–Crippen MR) is 78.8 cm³/mol. The molecule has 0 bridgehead atoms. The molecule has 2 heteroatoms. The number of hydrogen-bond acceptors (Lipinski definition) is 2. The summed E-state index contributed by atoms with van der Waals surface area (Å²) >= 11 is 0. The summed E-state index contributed by atoms with van der Waals surface area (Å²) in [6, 6.07) is 18.4. The van der Waals surface area contributed by atoms with E-state index in [-0.39, 0.29) is 12.1 Å². The van der Waals surface area contributed by atoms with E-state index >= 15 is 0 Å². The van der Waals surface area contributed by atoms with Crippen molar-refractivity contribution in [1.29, 1.82) is 0 Å². The van der Waals surface area contributed by atoms with Gasteiger partial charge in [0.15, 0.2) is 0 Å². The van der Waals surface area contributed by atoms with Crippen LogP contribution < -0.4 is 5.73 Å². The molecule has 100 valence electrons. The van der Waals surface area contributed by atoms with Crippen molar-refractivity contribution in [3.63, 3.8) is 0 Å². The smallest absolute Gasteiger partial charge is 0.0744 e. The molecule has 0 amide bonds. The Morgan fingerprint density at radius 2 is 1.63 bits per heavy atom. The number of rotatable bonds is 5. The Hall–Kier alpha value is -1.64. The van der Waals surface area contributed by atoms with E-state index in [1.165, 1.54) is 11.1 Å². The van der Waals surface area contributed by atoms with Crippen molar-refractivity contribution in [3.05, 3.63) is 71.3 Å². The zero-order valence-electron chi connectivity index (χ0n) is 11.5. The van der Waals surface area contributed by atoms with E-state index in [0.717, 1.165) is 5.56 Å². The van der Waals surface area contributed by atoms with Crippen LogP contribution >= 0.6 is 0 Å². The quantitative estimate of drug-likeness (QED) is 0.886. The van der Waals surface area contributed by atoms with Crippen LogP contribution in [0.2, 0.25) is 0 Å². The third-order valence-electron chi connectivity index (χ3n) is 3.32. The molecule has 0 aliphatic rings. The van der Waals surface area contributed by atoms with Gasteiger partial charge in [0.2, 0.25) is 0 Å². The van der Waals surface area contributed by atoms with Crippen molar-refractivity contribution in [2.24, 2.45) is 5.73 Å². The Morgan fingerprint density at radius 3 is 2.26 bits per heavy atom. The van der Waals surface area contributed by atoms with Crippen molar-refractivity contribution in [2.45, 2.75) is 32.6 Å². The first-order valence-electron chi connectivity index (χ1n) is 6.64. The number of benzene rings is 2. The molecule has 2 aromatic rings. The average molecular weight is 255 g/mol. The molecule has 0 aromatic heterocycles. The van der Waals surface area contributed by atoms with Crippen LogP contribution in [-0.4, -0.2) is 6.10 Å². The van der Waals surface area contributed by atoms with E-state index in [9.17, 15) is 0 Å². The van der Waals surface area contributed by atoms with E-state index in [1.807, 2.05) is 25.1 Å². The maximum absolute atomic E-state index is 6.23. The highest BCUT2D eigenvalue weighted by Crippen LogP contribution is 2.18. The molecule has 0 heterocycles. The van der Waals surface area contributed by atoms with E-state index in [4.69, 9.17) is 10.5 Å². The molecule has 2 nitrogen and oxygen atoms in total. The van der Waals surface area contributed by atoms with Crippen molar-refractivity contribution in [2.75, 3.05) is 0 Å². The molecule has 19 heavy (non-hydrogen) atoms. The average Bonchev–Trinajstić information content (AvgIpc) is 2.46. The second-order valence-electron chi connectivity index (χ2n) is 4.94. The molecule has 2 N–H and O–H groups in total. The molecular weight excluding hydrogens is 234 g/mol. The van der Waals surface area contributed by atoms with E-state index in [1.54, 1.807) is 0 Å². The summed E-state index contributed by atoms with van der Waals surface area (Å²) in [5.41, 5.74) is 9.76. The zero-order chi connectivity index (χ0) is 13.7. The van der Waals surface area contributed by atoms with Crippen molar-refractivity contribution >= 4 is 0 Å². The van der Waals surface area contributed by atoms with Crippen LogP contribution in [0.15, 0.2) is 54.6 Å². The van der Waals surface area contributed by atoms with Crippen molar-refractivity contribution < 1.29 is 4.74 Å². The van der Waals surface area contributed by atoms with E-state index in [2.05, 4.69) is 43.3 Å². The maximum Gasteiger partial charge on any atom is 0.0744 e. The fourth-order valence-corrected chi connectivity index (χ4v) is 1.97. The second kappa shape index (κ2) is 6.50. The van der Waals surface area contributed by atoms with Crippen LogP contribution in [0.1, 0.15) is 29.7 Å². The minimum absolute atomic E-state index is 0.0112. The summed E-state index contributed by atoms with van der Waals surface area (Å²) in [5.74, 6) is 0. The first-order chi connectivity index (χ1) is 9.16. The Balaban J connectivity index is 1.92. The molecule has 2 rings (SSSR count). The maximum atomic E-state index is 6.23. The van der Waals surface area contributed by atoms with Gasteiger partial charge in [-0.05, 0) is 25.0 Å². The van der Waals surface area contributed by atoms with Gasteiger partial charge < -0.3 is 10.5 Å². The number of hydrogen-bond donors (Lipinski definition) is 1. The van der Waals surface area contributed by atoms with Gasteiger partial charge in [0.1, 0.15) is 0 Å².